The zero-order valence-electron chi connectivity index (χ0n) is 21.0. The summed E-state index contributed by atoms with van der Waals surface area (Å²) in [6.07, 6.45) is 34.7. The lowest BCUT2D eigenvalue weighted by molar-refractivity contribution is 0.318. The molecule has 0 aliphatic rings. The van der Waals surface area contributed by atoms with E-state index in [0.717, 1.165) is 0 Å². The molecule has 0 aliphatic carbocycles. The first-order valence-corrected chi connectivity index (χ1v) is 13.6. The number of likely N-dealkylation sites (N-methyl/N-ethyl adjacent to an activating group) is 1. The zero-order chi connectivity index (χ0) is 21.4. The molecule has 1 nitrogen and oxygen atoms in total. The Morgan fingerprint density at radius 2 is 0.897 bits per heavy atom. The van der Waals surface area contributed by atoms with E-state index in [1.807, 2.05) is 0 Å². The van der Waals surface area contributed by atoms with Gasteiger partial charge in [0.1, 0.15) is 0 Å². The van der Waals surface area contributed by atoms with Crippen LogP contribution in [0.15, 0.2) is 12.2 Å². The highest BCUT2D eigenvalue weighted by atomic mass is 15.1. The fourth-order valence-corrected chi connectivity index (χ4v) is 4.19. The van der Waals surface area contributed by atoms with Crippen LogP contribution in [0.25, 0.3) is 0 Å². The van der Waals surface area contributed by atoms with Gasteiger partial charge < -0.3 is 4.90 Å². The fraction of sp³-hybridized carbons (Fsp3) is 0.929. The van der Waals surface area contributed by atoms with Crippen molar-refractivity contribution < 1.29 is 0 Å². The van der Waals surface area contributed by atoms with Gasteiger partial charge in [-0.1, -0.05) is 142 Å². The molecule has 0 radical (unpaired) electrons. The molecule has 0 saturated carbocycles. The molecule has 0 aliphatic heterocycles. The molecule has 0 saturated heterocycles. The molecule has 0 aromatic heterocycles. The topological polar surface area (TPSA) is 3.24 Å². The third kappa shape index (κ3) is 22.2. The lowest BCUT2D eigenvalue weighted by atomic mass is 10.0. The highest BCUT2D eigenvalue weighted by molar-refractivity contribution is 4.93. The quantitative estimate of drug-likeness (QED) is 0.120. The maximum atomic E-state index is 2.47. The van der Waals surface area contributed by atoms with E-state index in [1.165, 1.54) is 135 Å². The second-order valence-corrected chi connectivity index (χ2v) is 9.55. The number of hydrogen-bond acceptors (Lipinski definition) is 1. The van der Waals surface area contributed by atoms with Gasteiger partial charge in [0.2, 0.25) is 0 Å². The average Bonchev–Trinajstić information content (AvgIpc) is 2.71. The van der Waals surface area contributed by atoms with Crippen molar-refractivity contribution >= 4 is 0 Å². The van der Waals surface area contributed by atoms with Gasteiger partial charge in [-0.2, -0.15) is 0 Å². The van der Waals surface area contributed by atoms with Crippen LogP contribution in [0, 0.1) is 0 Å². The maximum Gasteiger partial charge on any atom is 0.0272 e. The first-order chi connectivity index (χ1) is 14.2. The van der Waals surface area contributed by atoms with Gasteiger partial charge >= 0.3 is 0 Å². The van der Waals surface area contributed by atoms with Crippen molar-refractivity contribution in [1.29, 1.82) is 0 Å². The Balaban J connectivity index is 3.42. The van der Waals surface area contributed by atoms with Crippen LogP contribution < -0.4 is 0 Å². The number of nitrogens with zero attached hydrogens (tertiary/aromatic N) is 1. The van der Waals surface area contributed by atoms with Crippen molar-refractivity contribution in [1.82, 2.24) is 4.90 Å². The molecule has 1 unspecified atom stereocenters. The molecule has 0 spiro atoms. The minimum Gasteiger partial charge on any atom is -0.303 e. The van der Waals surface area contributed by atoms with Gasteiger partial charge in [-0.05, 0) is 33.4 Å². The summed E-state index contributed by atoms with van der Waals surface area (Å²) in [4.78, 5) is 2.40. The Hall–Kier alpha value is -0.300. The van der Waals surface area contributed by atoms with Gasteiger partial charge in [0.25, 0.3) is 0 Å². The Bertz CT molecular complexity index is 320. The predicted octanol–water partition coefficient (Wildman–Crippen LogP) is 9.70. The van der Waals surface area contributed by atoms with Gasteiger partial charge in [0, 0.05) is 6.04 Å². The first-order valence-electron chi connectivity index (χ1n) is 13.6. The lowest BCUT2D eigenvalue weighted by Gasteiger charge is -2.21. The summed E-state index contributed by atoms with van der Waals surface area (Å²) < 4.78 is 0. The fourth-order valence-electron chi connectivity index (χ4n) is 4.19. The van der Waals surface area contributed by atoms with Crippen molar-refractivity contribution in [2.75, 3.05) is 14.1 Å². The standard InChI is InChI=1S/C28H57N/c1-5-7-9-11-13-14-15-16-17-18-19-20-21-23-25-27-28(29(3)4)26-24-22-12-10-8-6-2/h24,26,28H,5-23,25,27H2,1-4H3/b26-24-. The first kappa shape index (κ1) is 28.7. The van der Waals surface area contributed by atoms with Crippen LogP contribution >= 0.6 is 0 Å². The van der Waals surface area contributed by atoms with E-state index in [0.29, 0.717) is 6.04 Å². The number of unbranched alkanes of at least 4 members (excludes halogenated alkanes) is 18. The van der Waals surface area contributed by atoms with Crippen LogP contribution in [0.3, 0.4) is 0 Å². The molecule has 0 aromatic carbocycles. The van der Waals surface area contributed by atoms with Gasteiger partial charge in [0.05, 0.1) is 0 Å². The van der Waals surface area contributed by atoms with Gasteiger partial charge in [-0.3, -0.25) is 0 Å². The van der Waals surface area contributed by atoms with Crippen molar-refractivity contribution in [2.24, 2.45) is 0 Å². The summed E-state index contributed by atoms with van der Waals surface area (Å²) in [5.41, 5.74) is 0. The van der Waals surface area contributed by atoms with Gasteiger partial charge in [-0.25, -0.2) is 0 Å². The van der Waals surface area contributed by atoms with Crippen LogP contribution in [0.4, 0.5) is 0 Å². The number of hydrogen-bond donors (Lipinski definition) is 0. The summed E-state index contributed by atoms with van der Waals surface area (Å²) >= 11 is 0. The molecule has 0 fully saturated rings. The smallest absolute Gasteiger partial charge is 0.0272 e. The molecule has 1 atom stereocenters. The third-order valence-corrected chi connectivity index (χ3v) is 6.35. The number of allylic oxidation sites excluding steroid dienone is 1. The van der Waals surface area contributed by atoms with E-state index >= 15 is 0 Å². The monoisotopic (exact) mass is 407 g/mol. The predicted molar refractivity (Wildman–Crippen MR) is 135 cm³/mol. The van der Waals surface area contributed by atoms with Gasteiger partial charge in [-0.15, -0.1) is 0 Å². The Kier molecular flexibility index (Phi) is 23.7. The van der Waals surface area contributed by atoms with Gasteiger partial charge in [0.15, 0.2) is 0 Å². The third-order valence-electron chi connectivity index (χ3n) is 6.35. The number of rotatable bonds is 23. The molecule has 0 amide bonds. The molecule has 0 bridgehead atoms. The van der Waals surface area contributed by atoms with E-state index in [9.17, 15) is 0 Å². The average molecular weight is 408 g/mol. The van der Waals surface area contributed by atoms with E-state index in [-0.39, 0.29) is 0 Å². The largest absolute Gasteiger partial charge is 0.303 e. The van der Waals surface area contributed by atoms with E-state index in [2.05, 4.69) is 45.0 Å². The lowest BCUT2D eigenvalue weighted by Crippen LogP contribution is -2.25. The molecule has 0 heterocycles. The molecule has 1 heteroatoms. The molecule has 0 N–H and O–H groups in total. The second kappa shape index (κ2) is 24.0. The van der Waals surface area contributed by atoms with Crippen molar-refractivity contribution in [3.63, 3.8) is 0 Å². The van der Waals surface area contributed by atoms with Crippen LogP contribution in [0.1, 0.15) is 149 Å². The normalized spacial score (nSPS) is 13.0. The highest BCUT2D eigenvalue weighted by Crippen LogP contribution is 2.15. The van der Waals surface area contributed by atoms with Crippen LogP contribution in [0.5, 0.6) is 0 Å². The van der Waals surface area contributed by atoms with Crippen LogP contribution in [-0.2, 0) is 0 Å². The molecular formula is C28H57N. The Morgan fingerprint density at radius 1 is 0.517 bits per heavy atom. The molecule has 0 aromatic rings. The summed E-state index contributed by atoms with van der Waals surface area (Å²) in [5, 5.41) is 0. The molecule has 0 rings (SSSR count). The minimum absolute atomic E-state index is 0.642. The van der Waals surface area contributed by atoms with Crippen molar-refractivity contribution in [3.05, 3.63) is 12.2 Å². The summed E-state index contributed by atoms with van der Waals surface area (Å²) in [6, 6.07) is 0.642. The van der Waals surface area contributed by atoms with E-state index < -0.39 is 0 Å². The zero-order valence-corrected chi connectivity index (χ0v) is 21.0. The second-order valence-electron chi connectivity index (χ2n) is 9.55. The summed E-state index contributed by atoms with van der Waals surface area (Å²) in [5.74, 6) is 0. The maximum absolute atomic E-state index is 2.47. The molecule has 29 heavy (non-hydrogen) atoms. The Morgan fingerprint density at radius 3 is 1.31 bits per heavy atom. The Labute approximate surface area is 186 Å². The van der Waals surface area contributed by atoms with Crippen molar-refractivity contribution in [2.45, 2.75) is 155 Å². The summed E-state index contributed by atoms with van der Waals surface area (Å²) in [6.45, 7) is 4.59. The van der Waals surface area contributed by atoms with Crippen LogP contribution in [0.2, 0.25) is 0 Å². The molecular weight excluding hydrogens is 350 g/mol. The van der Waals surface area contributed by atoms with Crippen LogP contribution in [-0.4, -0.2) is 25.0 Å². The van der Waals surface area contributed by atoms with Crippen molar-refractivity contribution in [3.8, 4) is 0 Å². The SMILES string of the molecule is CCCCCC/C=C\C(CCCCCCCCCCCCCCCCC)N(C)C. The summed E-state index contributed by atoms with van der Waals surface area (Å²) in [7, 11) is 4.47. The van der Waals surface area contributed by atoms with E-state index in [1.54, 1.807) is 0 Å². The minimum atomic E-state index is 0.642. The van der Waals surface area contributed by atoms with E-state index in [4.69, 9.17) is 0 Å². The highest BCUT2D eigenvalue weighted by Gasteiger charge is 2.06. The molecule has 174 valence electrons.